The number of aryl methyl sites for hydroxylation is 2. The molecule has 4 rings (SSSR count). The third-order valence-corrected chi connectivity index (χ3v) is 6.17. The van der Waals surface area contributed by atoms with Crippen LogP contribution in [0, 0.1) is 0 Å². The van der Waals surface area contributed by atoms with Crippen LogP contribution in [0.25, 0.3) is 11.3 Å². The number of anilines is 1. The molecule has 2 aromatic heterocycles. The van der Waals surface area contributed by atoms with Crippen molar-refractivity contribution in [2.75, 3.05) is 11.1 Å². The molecule has 3 aromatic rings. The summed E-state index contributed by atoms with van der Waals surface area (Å²) in [6.07, 6.45) is 4.40. The van der Waals surface area contributed by atoms with Gasteiger partial charge in [-0.1, -0.05) is 42.1 Å². The van der Waals surface area contributed by atoms with E-state index in [0.29, 0.717) is 16.0 Å². The molecule has 0 saturated carbocycles. The summed E-state index contributed by atoms with van der Waals surface area (Å²) in [5.74, 6) is 0.00433. The van der Waals surface area contributed by atoms with E-state index in [9.17, 15) is 9.59 Å². The summed E-state index contributed by atoms with van der Waals surface area (Å²) >= 11 is 2.77. The van der Waals surface area contributed by atoms with Gasteiger partial charge in [0.1, 0.15) is 0 Å². The van der Waals surface area contributed by atoms with Crippen LogP contribution in [0.3, 0.4) is 0 Å². The molecule has 0 spiro atoms. The molecule has 138 valence electrons. The molecule has 0 radical (unpaired) electrons. The predicted octanol–water partition coefficient (Wildman–Crippen LogP) is 3.50. The van der Waals surface area contributed by atoms with E-state index in [1.807, 2.05) is 30.3 Å². The predicted molar refractivity (Wildman–Crippen MR) is 108 cm³/mol. The van der Waals surface area contributed by atoms with Crippen LogP contribution in [0.1, 0.15) is 23.4 Å². The molecule has 0 aliphatic heterocycles. The fourth-order valence-corrected chi connectivity index (χ4v) is 4.70. The van der Waals surface area contributed by atoms with Crippen molar-refractivity contribution < 1.29 is 4.79 Å². The van der Waals surface area contributed by atoms with Crippen molar-refractivity contribution in [3.05, 3.63) is 57.3 Å². The van der Waals surface area contributed by atoms with E-state index in [1.165, 1.54) is 29.1 Å². The molecule has 0 fully saturated rings. The number of aromatic amines is 1. The highest BCUT2D eigenvalue weighted by Crippen LogP contribution is 2.29. The fourth-order valence-electron chi connectivity index (χ4n) is 2.96. The van der Waals surface area contributed by atoms with Gasteiger partial charge in [-0.3, -0.25) is 9.59 Å². The van der Waals surface area contributed by atoms with Crippen LogP contribution < -0.4 is 10.9 Å². The second-order valence-electron chi connectivity index (χ2n) is 6.23. The Morgan fingerprint density at radius 1 is 1.19 bits per heavy atom. The number of amides is 1. The van der Waals surface area contributed by atoms with Crippen LogP contribution in [0.4, 0.5) is 5.13 Å². The number of nitrogens with zero attached hydrogens (tertiary/aromatic N) is 2. The lowest BCUT2D eigenvalue weighted by atomic mass is 10.0. The SMILES string of the molecule is O=C(CSc1nc(-c2ccccc2)cc(=O)[nH]1)Nc1nc2c(s1)CCCC2. The van der Waals surface area contributed by atoms with Crippen LogP contribution in [-0.4, -0.2) is 26.6 Å². The molecule has 8 heteroatoms. The lowest BCUT2D eigenvalue weighted by molar-refractivity contribution is -0.113. The highest BCUT2D eigenvalue weighted by Gasteiger charge is 2.16. The summed E-state index contributed by atoms with van der Waals surface area (Å²) in [6.45, 7) is 0. The van der Waals surface area contributed by atoms with Crippen LogP contribution in [0.2, 0.25) is 0 Å². The Bertz CT molecular complexity index is 991. The maximum Gasteiger partial charge on any atom is 0.252 e. The van der Waals surface area contributed by atoms with E-state index < -0.39 is 0 Å². The van der Waals surface area contributed by atoms with Crippen LogP contribution in [-0.2, 0) is 17.6 Å². The van der Waals surface area contributed by atoms with Gasteiger partial charge in [0.25, 0.3) is 5.56 Å². The van der Waals surface area contributed by atoms with Gasteiger partial charge in [0, 0.05) is 16.5 Å². The molecule has 1 aliphatic carbocycles. The minimum absolute atomic E-state index is 0.154. The van der Waals surface area contributed by atoms with Crippen molar-refractivity contribution in [3.63, 3.8) is 0 Å². The van der Waals surface area contributed by atoms with Gasteiger partial charge >= 0.3 is 0 Å². The van der Waals surface area contributed by atoms with Crippen LogP contribution in [0.15, 0.2) is 46.3 Å². The first-order valence-corrected chi connectivity index (χ1v) is 10.6. The monoisotopic (exact) mass is 398 g/mol. The zero-order valence-electron chi connectivity index (χ0n) is 14.5. The summed E-state index contributed by atoms with van der Waals surface area (Å²) in [4.78, 5) is 37.1. The van der Waals surface area contributed by atoms with Crippen LogP contribution >= 0.6 is 23.1 Å². The molecule has 1 aromatic carbocycles. The maximum atomic E-state index is 12.3. The molecule has 0 bridgehead atoms. The molecule has 1 amide bonds. The van der Waals surface area contributed by atoms with Gasteiger partial charge < -0.3 is 10.3 Å². The zero-order chi connectivity index (χ0) is 18.6. The smallest absolute Gasteiger partial charge is 0.252 e. The Morgan fingerprint density at radius 3 is 2.81 bits per heavy atom. The molecule has 0 unspecified atom stereocenters. The van der Waals surface area contributed by atoms with E-state index in [1.54, 1.807) is 11.3 Å². The van der Waals surface area contributed by atoms with Crippen molar-refractivity contribution in [1.29, 1.82) is 0 Å². The van der Waals surface area contributed by atoms with E-state index in [2.05, 4.69) is 20.3 Å². The molecule has 6 nitrogen and oxygen atoms in total. The summed E-state index contributed by atoms with van der Waals surface area (Å²) in [5, 5.41) is 3.94. The average Bonchev–Trinajstić information content (AvgIpc) is 3.09. The lowest BCUT2D eigenvalue weighted by Gasteiger charge is -2.06. The first kappa shape index (κ1) is 17.9. The number of hydrogen-bond acceptors (Lipinski definition) is 6. The van der Waals surface area contributed by atoms with Gasteiger partial charge in [-0.05, 0) is 25.7 Å². The molecule has 0 saturated heterocycles. The largest absolute Gasteiger partial charge is 0.301 e. The Balaban J connectivity index is 1.41. The number of carbonyl (C=O) groups is 1. The topological polar surface area (TPSA) is 87.7 Å². The maximum absolute atomic E-state index is 12.3. The number of carbonyl (C=O) groups excluding carboxylic acids is 1. The van der Waals surface area contributed by atoms with Gasteiger partial charge in [0.15, 0.2) is 10.3 Å². The standard InChI is InChI=1S/C19H18N4O2S2/c24-16-10-14(12-6-2-1-3-7-12)21-18(22-16)26-11-17(25)23-19-20-13-8-4-5-9-15(13)27-19/h1-3,6-7,10H,4-5,8-9,11H2,(H,20,23,25)(H,21,22,24). The number of H-pyrrole nitrogens is 1. The number of fused-ring (bicyclic) bond motifs is 1. The summed E-state index contributed by atoms with van der Waals surface area (Å²) in [6, 6.07) is 10.9. The van der Waals surface area contributed by atoms with Gasteiger partial charge in [-0.2, -0.15) is 0 Å². The number of thioether (sulfide) groups is 1. The number of nitrogens with one attached hydrogen (secondary N) is 2. The summed E-state index contributed by atoms with van der Waals surface area (Å²) in [7, 11) is 0. The van der Waals surface area contributed by atoms with Gasteiger partial charge in [0.2, 0.25) is 5.91 Å². The number of aromatic nitrogens is 3. The number of benzene rings is 1. The molecule has 2 N–H and O–H groups in total. The van der Waals surface area contributed by atoms with Gasteiger partial charge in [-0.25, -0.2) is 9.97 Å². The first-order valence-electron chi connectivity index (χ1n) is 8.75. The molecular weight excluding hydrogens is 380 g/mol. The second-order valence-corrected chi connectivity index (χ2v) is 8.28. The van der Waals surface area contributed by atoms with E-state index >= 15 is 0 Å². The summed E-state index contributed by atoms with van der Waals surface area (Å²) < 4.78 is 0. The lowest BCUT2D eigenvalue weighted by Crippen LogP contribution is -2.15. The number of hydrogen-bond donors (Lipinski definition) is 2. The molecule has 1 aliphatic rings. The van der Waals surface area contributed by atoms with Crippen molar-refractivity contribution in [2.24, 2.45) is 0 Å². The van der Waals surface area contributed by atoms with E-state index in [-0.39, 0.29) is 17.2 Å². The van der Waals surface area contributed by atoms with Crippen molar-refractivity contribution >= 4 is 34.1 Å². The number of thiazole rings is 1. The van der Waals surface area contributed by atoms with E-state index in [4.69, 9.17) is 0 Å². The Morgan fingerprint density at radius 2 is 2.00 bits per heavy atom. The number of rotatable bonds is 5. The fraction of sp³-hybridized carbons (Fsp3) is 0.263. The summed E-state index contributed by atoms with van der Waals surface area (Å²) in [5.41, 5.74) is 2.34. The average molecular weight is 399 g/mol. The molecule has 27 heavy (non-hydrogen) atoms. The normalized spacial score (nSPS) is 13.2. The third kappa shape index (κ3) is 4.45. The highest BCUT2D eigenvalue weighted by molar-refractivity contribution is 7.99. The Kier molecular flexibility index (Phi) is 5.35. The van der Waals surface area contributed by atoms with Gasteiger partial charge in [0.05, 0.1) is 17.1 Å². The van der Waals surface area contributed by atoms with Crippen molar-refractivity contribution in [3.8, 4) is 11.3 Å². The van der Waals surface area contributed by atoms with Crippen molar-refractivity contribution in [2.45, 2.75) is 30.8 Å². The Labute approximate surface area is 164 Å². The Hall–Kier alpha value is -2.45. The molecule has 0 atom stereocenters. The highest BCUT2D eigenvalue weighted by atomic mass is 32.2. The van der Waals surface area contributed by atoms with E-state index in [0.717, 1.165) is 30.5 Å². The quantitative estimate of drug-likeness (QED) is 0.507. The molecule has 2 heterocycles. The molecular formula is C19H18N4O2S2. The van der Waals surface area contributed by atoms with Gasteiger partial charge in [-0.15, -0.1) is 11.3 Å². The van der Waals surface area contributed by atoms with Crippen molar-refractivity contribution in [1.82, 2.24) is 15.0 Å². The minimum Gasteiger partial charge on any atom is -0.301 e. The second kappa shape index (κ2) is 8.06. The third-order valence-electron chi connectivity index (χ3n) is 4.22. The first-order chi connectivity index (χ1) is 13.2. The zero-order valence-corrected chi connectivity index (χ0v) is 16.2. The van der Waals surface area contributed by atoms with Crippen LogP contribution in [0.5, 0.6) is 0 Å². The minimum atomic E-state index is -0.237.